The molecule has 0 fully saturated rings. The second-order valence-electron chi connectivity index (χ2n) is 7.07. The Morgan fingerprint density at radius 1 is 1.09 bits per heavy atom. The highest BCUT2D eigenvalue weighted by molar-refractivity contribution is 14.0. The Morgan fingerprint density at radius 3 is 2.48 bits per heavy atom. The zero-order valence-corrected chi connectivity index (χ0v) is 20.5. The lowest BCUT2D eigenvalue weighted by Gasteiger charge is -2.16. The average Bonchev–Trinajstić information content (AvgIpc) is 3.23. The van der Waals surface area contributed by atoms with Gasteiger partial charge in [0, 0.05) is 24.8 Å². The molecule has 178 valence electrons. The molecule has 0 amide bonds. The molecule has 0 aliphatic heterocycles. The smallest absolute Gasteiger partial charge is 0.387 e. The number of aliphatic imine (C=N–C) groups is 1. The molecule has 33 heavy (non-hydrogen) atoms. The molecule has 7 nitrogen and oxygen atoms in total. The van der Waals surface area contributed by atoms with Crippen LogP contribution in [0.5, 0.6) is 5.75 Å². The fourth-order valence-corrected chi connectivity index (χ4v) is 3.04. The molecule has 1 unspecified atom stereocenters. The van der Waals surface area contributed by atoms with Gasteiger partial charge >= 0.3 is 6.61 Å². The van der Waals surface area contributed by atoms with Gasteiger partial charge in [0.1, 0.15) is 5.75 Å². The summed E-state index contributed by atoms with van der Waals surface area (Å²) in [5.41, 5.74) is 2.72. The Kier molecular flexibility index (Phi) is 11.0. The quantitative estimate of drug-likeness (QED) is 0.195. The summed E-state index contributed by atoms with van der Waals surface area (Å²) in [6.45, 7) is 1.06. The standard InChI is InChI=1S/C23H27F2N5O2.HI/c1-2-26-23(28-14-21(31)19-8-10-20(11-9-19)32-22(24)25)27-12-18-13-29-30(16-18)15-17-6-4-3-5-7-17;/h3-11,13,16,21-22,31H,2,12,14-15H2,1H3,(H2,26,27,28);1H. The van der Waals surface area contributed by atoms with Crippen molar-refractivity contribution in [2.45, 2.75) is 32.7 Å². The number of hydrogen-bond acceptors (Lipinski definition) is 4. The van der Waals surface area contributed by atoms with Crippen LogP contribution < -0.4 is 15.4 Å². The van der Waals surface area contributed by atoms with Crippen molar-refractivity contribution in [1.82, 2.24) is 20.4 Å². The number of ether oxygens (including phenoxy) is 1. The fourth-order valence-electron chi connectivity index (χ4n) is 3.04. The molecule has 3 aromatic rings. The van der Waals surface area contributed by atoms with Crippen LogP contribution in [0.3, 0.4) is 0 Å². The minimum Gasteiger partial charge on any atom is -0.435 e. The van der Waals surface area contributed by atoms with Crippen LogP contribution in [0.2, 0.25) is 0 Å². The first-order valence-corrected chi connectivity index (χ1v) is 10.3. The van der Waals surface area contributed by atoms with E-state index in [4.69, 9.17) is 0 Å². The molecule has 0 aliphatic carbocycles. The topological polar surface area (TPSA) is 83.7 Å². The van der Waals surface area contributed by atoms with E-state index in [0.717, 1.165) is 5.56 Å². The summed E-state index contributed by atoms with van der Waals surface area (Å²) < 4.78 is 30.7. The summed E-state index contributed by atoms with van der Waals surface area (Å²) in [5, 5.41) is 21.0. The van der Waals surface area contributed by atoms with E-state index < -0.39 is 12.7 Å². The van der Waals surface area contributed by atoms with Gasteiger partial charge in [-0.2, -0.15) is 13.9 Å². The molecule has 0 radical (unpaired) electrons. The molecule has 0 bridgehead atoms. The molecule has 0 spiro atoms. The number of aliphatic hydroxyl groups is 1. The second-order valence-corrected chi connectivity index (χ2v) is 7.07. The third-order valence-electron chi connectivity index (χ3n) is 4.59. The molecule has 3 N–H and O–H groups in total. The number of nitrogens with one attached hydrogen (secondary N) is 2. The summed E-state index contributed by atoms with van der Waals surface area (Å²) in [6, 6.07) is 16.0. The molecule has 1 heterocycles. The molecule has 1 atom stereocenters. The van der Waals surface area contributed by atoms with Crippen LogP contribution in [0.15, 0.2) is 72.0 Å². The van der Waals surface area contributed by atoms with E-state index in [-0.39, 0.29) is 36.3 Å². The van der Waals surface area contributed by atoms with E-state index in [1.807, 2.05) is 36.0 Å². The highest BCUT2D eigenvalue weighted by Crippen LogP contribution is 2.19. The number of aromatic nitrogens is 2. The van der Waals surface area contributed by atoms with Gasteiger partial charge in [-0.3, -0.25) is 4.68 Å². The van der Waals surface area contributed by atoms with E-state index in [0.29, 0.717) is 31.2 Å². The molecule has 3 rings (SSSR count). The number of aliphatic hydroxyl groups excluding tert-OH is 1. The van der Waals surface area contributed by atoms with Gasteiger partial charge in [-0.15, -0.1) is 24.0 Å². The summed E-state index contributed by atoms with van der Waals surface area (Å²) in [5.74, 6) is 0.603. The maximum absolute atomic E-state index is 12.2. The van der Waals surface area contributed by atoms with E-state index in [1.165, 1.54) is 17.7 Å². The summed E-state index contributed by atoms with van der Waals surface area (Å²) >= 11 is 0. The first-order valence-electron chi connectivity index (χ1n) is 10.3. The molecule has 0 saturated heterocycles. The average molecular weight is 571 g/mol. The Morgan fingerprint density at radius 2 is 1.82 bits per heavy atom. The fraction of sp³-hybridized carbons (Fsp3) is 0.304. The lowest BCUT2D eigenvalue weighted by molar-refractivity contribution is -0.0498. The summed E-state index contributed by atoms with van der Waals surface area (Å²) in [7, 11) is 0. The van der Waals surface area contributed by atoms with Crippen LogP contribution >= 0.6 is 24.0 Å². The zero-order valence-electron chi connectivity index (χ0n) is 18.2. The van der Waals surface area contributed by atoms with E-state index >= 15 is 0 Å². The third-order valence-corrected chi connectivity index (χ3v) is 4.59. The van der Waals surface area contributed by atoms with Crippen LogP contribution in [-0.2, 0) is 13.1 Å². The number of nitrogens with zero attached hydrogens (tertiary/aromatic N) is 3. The van der Waals surface area contributed by atoms with Gasteiger partial charge in [-0.25, -0.2) is 4.99 Å². The number of alkyl halides is 2. The molecule has 2 aromatic carbocycles. The van der Waals surface area contributed by atoms with Crippen LogP contribution in [-0.4, -0.2) is 40.5 Å². The number of rotatable bonds is 10. The predicted molar refractivity (Wildman–Crippen MR) is 134 cm³/mol. The highest BCUT2D eigenvalue weighted by Gasteiger charge is 2.10. The number of halogens is 3. The van der Waals surface area contributed by atoms with E-state index in [2.05, 4.69) is 37.6 Å². The minimum absolute atomic E-state index is 0. The van der Waals surface area contributed by atoms with Crippen molar-refractivity contribution in [2.24, 2.45) is 4.99 Å². The Balaban J connectivity index is 0.00000385. The highest BCUT2D eigenvalue weighted by atomic mass is 127. The second kappa shape index (κ2) is 13.7. The lowest BCUT2D eigenvalue weighted by Crippen LogP contribution is -2.39. The largest absolute Gasteiger partial charge is 0.435 e. The van der Waals surface area contributed by atoms with Crippen LogP contribution in [0.1, 0.15) is 29.7 Å². The zero-order chi connectivity index (χ0) is 22.8. The van der Waals surface area contributed by atoms with Gasteiger partial charge in [-0.05, 0) is 30.2 Å². The van der Waals surface area contributed by atoms with Crippen molar-refractivity contribution >= 4 is 29.9 Å². The normalized spacial score (nSPS) is 12.2. The van der Waals surface area contributed by atoms with Crippen LogP contribution in [0.25, 0.3) is 0 Å². The van der Waals surface area contributed by atoms with Gasteiger partial charge in [0.25, 0.3) is 0 Å². The summed E-state index contributed by atoms with van der Waals surface area (Å²) in [4.78, 5) is 4.54. The monoisotopic (exact) mass is 571 g/mol. The van der Waals surface area contributed by atoms with Crippen molar-refractivity contribution in [3.05, 3.63) is 83.7 Å². The molecule has 1 aromatic heterocycles. The first kappa shape index (κ1) is 26.5. The van der Waals surface area contributed by atoms with E-state index in [1.54, 1.807) is 18.3 Å². The van der Waals surface area contributed by atoms with Gasteiger partial charge in [0.2, 0.25) is 0 Å². The maximum Gasteiger partial charge on any atom is 0.387 e. The van der Waals surface area contributed by atoms with Crippen LogP contribution in [0, 0.1) is 0 Å². The number of guanidine groups is 1. The summed E-state index contributed by atoms with van der Waals surface area (Å²) in [6.07, 6.45) is 2.90. The Labute approximate surface area is 208 Å². The molecule has 0 saturated carbocycles. The molecule has 0 aliphatic rings. The van der Waals surface area contributed by atoms with Gasteiger partial charge in [-0.1, -0.05) is 42.5 Å². The Bertz CT molecular complexity index is 984. The van der Waals surface area contributed by atoms with Crippen molar-refractivity contribution in [3.63, 3.8) is 0 Å². The minimum atomic E-state index is -2.88. The number of benzene rings is 2. The van der Waals surface area contributed by atoms with Gasteiger partial charge in [0.15, 0.2) is 5.96 Å². The van der Waals surface area contributed by atoms with Crippen molar-refractivity contribution in [3.8, 4) is 5.75 Å². The SMILES string of the molecule is CCNC(=NCc1cnn(Cc2ccccc2)c1)NCC(O)c1ccc(OC(F)F)cc1.I. The Hall–Kier alpha value is -2.73. The maximum atomic E-state index is 12.2. The van der Waals surface area contributed by atoms with Crippen LogP contribution in [0.4, 0.5) is 8.78 Å². The van der Waals surface area contributed by atoms with Gasteiger partial charge < -0.3 is 20.5 Å². The molecular weight excluding hydrogens is 543 g/mol. The van der Waals surface area contributed by atoms with Gasteiger partial charge in [0.05, 0.1) is 25.4 Å². The first-order chi connectivity index (χ1) is 15.5. The van der Waals surface area contributed by atoms with Crippen molar-refractivity contribution in [2.75, 3.05) is 13.1 Å². The lowest BCUT2D eigenvalue weighted by atomic mass is 10.1. The number of hydrogen-bond donors (Lipinski definition) is 3. The van der Waals surface area contributed by atoms with Crippen molar-refractivity contribution < 1.29 is 18.6 Å². The third kappa shape index (κ3) is 8.97. The van der Waals surface area contributed by atoms with E-state index in [9.17, 15) is 13.9 Å². The molecular formula is C23H28F2IN5O2. The predicted octanol–water partition coefficient (Wildman–Crippen LogP) is 3.94. The van der Waals surface area contributed by atoms with Crippen molar-refractivity contribution in [1.29, 1.82) is 0 Å². The molecule has 10 heteroatoms.